The molecule has 0 amide bonds. The van der Waals surface area contributed by atoms with Crippen molar-refractivity contribution in [2.24, 2.45) is 0 Å². The minimum Gasteiger partial charge on any atom is -0.394 e. The van der Waals surface area contributed by atoms with Crippen molar-refractivity contribution in [1.82, 2.24) is 19.5 Å². The summed E-state index contributed by atoms with van der Waals surface area (Å²) in [7, 11) is 0. The van der Waals surface area contributed by atoms with E-state index >= 15 is 0 Å². The minimum atomic E-state index is -1.24. The predicted octanol–water partition coefficient (Wildman–Crippen LogP) is 2.21. The Labute approximate surface area is 193 Å². The number of aliphatic hydroxyl groups is 3. The lowest BCUT2D eigenvalue weighted by molar-refractivity contribution is -0.0511. The van der Waals surface area contributed by atoms with E-state index in [-0.39, 0.29) is 11.6 Å². The van der Waals surface area contributed by atoms with Crippen molar-refractivity contribution >= 4 is 17.0 Å². The molecule has 0 bridgehead atoms. The first-order chi connectivity index (χ1) is 16.1. The lowest BCUT2D eigenvalue weighted by Gasteiger charge is -2.16. The molecule has 9 heteroatoms. The lowest BCUT2D eigenvalue weighted by Crippen LogP contribution is -2.33. The van der Waals surface area contributed by atoms with Gasteiger partial charge < -0.3 is 25.8 Å². The molecule has 1 aliphatic carbocycles. The molecule has 33 heavy (non-hydrogen) atoms. The van der Waals surface area contributed by atoms with Gasteiger partial charge in [-0.25, -0.2) is 15.0 Å². The fourth-order valence-electron chi connectivity index (χ4n) is 4.44. The second kappa shape index (κ2) is 11.1. The first kappa shape index (κ1) is 23.6. The van der Waals surface area contributed by atoms with Crippen LogP contribution in [0.5, 0.6) is 0 Å². The molecular formula is C24H33N5O4. The third-order valence-corrected chi connectivity index (χ3v) is 6.37. The van der Waals surface area contributed by atoms with Crippen molar-refractivity contribution < 1.29 is 20.1 Å². The Balaban J connectivity index is 1.59. The number of anilines is 1. The molecule has 4 rings (SSSR count). The van der Waals surface area contributed by atoms with Crippen LogP contribution in [0.15, 0.2) is 18.0 Å². The third-order valence-electron chi connectivity index (χ3n) is 6.37. The fourth-order valence-corrected chi connectivity index (χ4v) is 4.44. The first-order valence-corrected chi connectivity index (χ1v) is 11.9. The number of aromatic nitrogens is 4. The van der Waals surface area contributed by atoms with E-state index in [2.05, 4.69) is 32.9 Å². The monoisotopic (exact) mass is 455 g/mol. The molecule has 4 atom stereocenters. The van der Waals surface area contributed by atoms with Gasteiger partial charge in [0.25, 0.3) is 0 Å². The molecule has 2 aromatic heterocycles. The van der Waals surface area contributed by atoms with E-state index in [4.69, 9.17) is 10.5 Å². The van der Waals surface area contributed by atoms with E-state index in [1.54, 1.807) is 0 Å². The smallest absolute Gasteiger partial charge is 0.209 e. The maximum atomic E-state index is 10.4. The number of allylic oxidation sites excluding steroid dienone is 2. The summed E-state index contributed by atoms with van der Waals surface area (Å²) in [5.41, 5.74) is 7.93. The van der Waals surface area contributed by atoms with E-state index in [1.165, 1.54) is 55.8 Å². The van der Waals surface area contributed by atoms with Crippen LogP contribution in [0.25, 0.3) is 11.2 Å². The van der Waals surface area contributed by atoms with Crippen LogP contribution in [-0.2, 0) is 4.74 Å². The number of nitrogens with zero attached hydrogens (tertiary/aromatic N) is 4. The first-order valence-electron chi connectivity index (χ1n) is 11.9. The molecule has 2 aliphatic rings. The second-order valence-electron chi connectivity index (χ2n) is 8.83. The summed E-state index contributed by atoms with van der Waals surface area (Å²) in [6, 6.07) is 0. The highest BCUT2D eigenvalue weighted by molar-refractivity contribution is 5.82. The number of nitrogens with two attached hydrogens (primary N) is 1. The highest BCUT2D eigenvalue weighted by Gasteiger charge is 2.44. The van der Waals surface area contributed by atoms with Crippen molar-refractivity contribution in [2.45, 2.75) is 88.7 Å². The summed E-state index contributed by atoms with van der Waals surface area (Å²) < 4.78 is 7.11. The van der Waals surface area contributed by atoms with E-state index in [0.717, 1.165) is 24.8 Å². The summed E-state index contributed by atoms with van der Waals surface area (Å²) >= 11 is 0. The molecule has 0 aromatic carbocycles. The number of ether oxygens (including phenoxy) is 1. The number of rotatable bonds is 2. The molecule has 1 aliphatic heterocycles. The number of aliphatic hydroxyl groups excluding tert-OH is 3. The van der Waals surface area contributed by atoms with Crippen LogP contribution in [0.4, 0.5) is 5.82 Å². The normalized spacial score (nSPS) is 28.9. The second-order valence-corrected chi connectivity index (χ2v) is 8.83. The maximum Gasteiger partial charge on any atom is 0.209 e. The van der Waals surface area contributed by atoms with E-state index in [9.17, 15) is 15.3 Å². The molecule has 0 spiro atoms. The number of hydrogen-bond donors (Lipinski definition) is 4. The SMILES string of the molecule is Nc1nc(C#C/C2=C/CCCCCCCCCC2)nc2c1ncn2[C@@H]1O[C@H](CO)[C@@H](O)[C@H]1O. The standard InChI is InChI=1S/C24H33N5O4/c25-22-19-23(29(15-26-19)24-21(32)20(31)17(14-30)33-24)28-18(27-22)13-12-16-10-8-6-4-2-1-3-5-7-9-11-16/h10,15,17,20-21,24,30-32H,1-9,11,14H2,(H2,25,27,28)/b16-10+/t17-,20-,21-,24-/m1/s1. The van der Waals surface area contributed by atoms with Gasteiger partial charge in [0.2, 0.25) is 5.82 Å². The van der Waals surface area contributed by atoms with Crippen LogP contribution < -0.4 is 5.73 Å². The van der Waals surface area contributed by atoms with Crippen LogP contribution in [0.2, 0.25) is 0 Å². The quantitative estimate of drug-likeness (QED) is 0.506. The van der Waals surface area contributed by atoms with Crippen LogP contribution in [-0.4, -0.2) is 59.8 Å². The molecule has 2 aromatic rings. The number of hydrogen-bond acceptors (Lipinski definition) is 8. The zero-order chi connectivity index (χ0) is 23.2. The van der Waals surface area contributed by atoms with E-state index < -0.39 is 31.1 Å². The van der Waals surface area contributed by atoms with Gasteiger partial charge in [0.15, 0.2) is 17.7 Å². The van der Waals surface area contributed by atoms with Gasteiger partial charge in [0.1, 0.15) is 23.8 Å². The summed E-state index contributed by atoms with van der Waals surface area (Å²) in [5, 5.41) is 29.9. The van der Waals surface area contributed by atoms with Crippen molar-refractivity contribution in [3.05, 3.63) is 23.8 Å². The molecule has 0 unspecified atom stereocenters. The van der Waals surface area contributed by atoms with Gasteiger partial charge in [-0.1, -0.05) is 50.5 Å². The summed E-state index contributed by atoms with van der Waals surface area (Å²) in [6.45, 7) is -0.412. The van der Waals surface area contributed by atoms with Crippen molar-refractivity contribution in [1.29, 1.82) is 0 Å². The van der Waals surface area contributed by atoms with Crippen molar-refractivity contribution in [3.8, 4) is 11.8 Å². The van der Waals surface area contributed by atoms with E-state index in [1.807, 2.05) is 0 Å². The number of nitrogen functional groups attached to an aromatic ring is 1. The van der Waals surface area contributed by atoms with E-state index in [0.29, 0.717) is 11.2 Å². The molecule has 9 nitrogen and oxygen atoms in total. The predicted molar refractivity (Wildman–Crippen MR) is 124 cm³/mol. The molecular weight excluding hydrogens is 422 g/mol. The van der Waals surface area contributed by atoms with Gasteiger partial charge >= 0.3 is 0 Å². The molecule has 178 valence electrons. The van der Waals surface area contributed by atoms with Crippen molar-refractivity contribution in [3.63, 3.8) is 0 Å². The Morgan fingerprint density at radius 3 is 2.45 bits per heavy atom. The summed E-state index contributed by atoms with van der Waals surface area (Å²) in [6.07, 6.45) is 11.4. The highest BCUT2D eigenvalue weighted by atomic mass is 16.6. The lowest BCUT2D eigenvalue weighted by atomic mass is 10.0. The van der Waals surface area contributed by atoms with Gasteiger partial charge in [0.05, 0.1) is 12.9 Å². The average Bonchev–Trinajstić information content (AvgIpc) is 3.34. The Bertz CT molecular complexity index is 1040. The summed E-state index contributed by atoms with van der Waals surface area (Å²) in [4.78, 5) is 13.0. The Morgan fingerprint density at radius 2 is 1.73 bits per heavy atom. The molecule has 5 N–H and O–H groups in total. The average molecular weight is 456 g/mol. The van der Waals surface area contributed by atoms with Gasteiger partial charge in [-0.2, -0.15) is 0 Å². The summed E-state index contributed by atoms with van der Waals surface area (Å²) in [5.74, 6) is 6.74. The highest BCUT2D eigenvalue weighted by Crippen LogP contribution is 2.32. The topological polar surface area (TPSA) is 140 Å². The van der Waals surface area contributed by atoms with Crippen LogP contribution in [0.3, 0.4) is 0 Å². The largest absolute Gasteiger partial charge is 0.394 e. The maximum absolute atomic E-state index is 10.4. The molecule has 1 saturated heterocycles. The van der Waals surface area contributed by atoms with Gasteiger partial charge in [0, 0.05) is 0 Å². The van der Waals surface area contributed by atoms with Gasteiger partial charge in [-0.05, 0) is 37.2 Å². The molecule has 3 heterocycles. The van der Waals surface area contributed by atoms with Crippen LogP contribution in [0.1, 0.15) is 76.3 Å². The Kier molecular flexibility index (Phi) is 7.93. The van der Waals surface area contributed by atoms with Gasteiger partial charge in [-0.3, -0.25) is 4.57 Å². The Morgan fingerprint density at radius 1 is 1.00 bits per heavy atom. The number of fused-ring (bicyclic) bond motifs is 1. The zero-order valence-electron chi connectivity index (χ0n) is 18.9. The zero-order valence-corrected chi connectivity index (χ0v) is 18.9. The molecule has 0 saturated carbocycles. The molecule has 1 fully saturated rings. The van der Waals surface area contributed by atoms with Crippen LogP contribution >= 0.6 is 0 Å². The Hall–Kier alpha value is -2.51. The van der Waals surface area contributed by atoms with Gasteiger partial charge in [-0.15, -0.1) is 0 Å². The third kappa shape index (κ3) is 5.53. The molecule has 0 radical (unpaired) electrons. The fraction of sp³-hybridized carbons (Fsp3) is 0.625. The number of imidazole rings is 1. The minimum absolute atomic E-state index is 0.183. The van der Waals surface area contributed by atoms with Crippen LogP contribution in [0, 0.1) is 11.8 Å². The van der Waals surface area contributed by atoms with Crippen molar-refractivity contribution in [2.75, 3.05) is 12.3 Å².